The molecular formula is C12H15N3O2. The van der Waals surface area contributed by atoms with Crippen molar-refractivity contribution in [1.82, 2.24) is 4.98 Å². The van der Waals surface area contributed by atoms with Gasteiger partial charge in [0.2, 0.25) is 0 Å². The van der Waals surface area contributed by atoms with E-state index in [0.717, 1.165) is 11.4 Å². The van der Waals surface area contributed by atoms with Crippen molar-refractivity contribution < 1.29 is 10.2 Å². The number of aromatic nitrogens is 1. The zero-order valence-electron chi connectivity index (χ0n) is 9.88. The molecule has 2 rings (SSSR count). The maximum Gasteiger partial charge on any atom is 0.103 e. The van der Waals surface area contributed by atoms with Crippen LogP contribution in [-0.4, -0.2) is 40.5 Å². The van der Waals surface area contributed by atoms with Crippen molar-refractivity contribution in [2.24, 2.45) is 0 Å². The predicted octanol–water partition coefficient (Wildman–Crippen LogP) is 0.112. The molecule has 1 aromatic rings. The first-order chi connectivity index (χ1) is 8.02. The molecule has 1 aliphatic rings. The molecule has 0 amide bonds. The van der Waals surface area contributed by atoms with E-state index >= 15 is 0 Å². The van der Waals surface area contributed by atoms with Gasteiger partial charge in [0.25, 0.3) is 0 Å². The molecule has 0 radical (unpaired) electrons. The van der Waals surface area contributed by atoms with E-state index in [9.17, 15) is 10.2 Å². The van der Waals surface area contributed by atoms with Gasteiger partial charge in [-0.1, -0.05) is 0 Å². The molecule has 2 N–H and O–H groups in total. The zero-order valence-corrected chi connectivity index (χ0v) is 9.88. The molecule has 2 atom stereocenters. The third-order valence-corrected chi connectivity index (χ3v) is 3.02. The molecule has 1 saturated heterocycles. The van der Waals surface area contributed by atoms with Crippen LogP contribution in [0.5, 0.6) is 0 Å². The van der Waals surface area contributed by atoms with E-state index in [-0.39, 0.29) is 0 Å². The van der Waals surface area contributed by atoms with Gasteiger partial charge in [-0.15, -0.1) is 0 Å². The van der Waals surface area contributed by atoms with E-state index in [4.69, 9.17) is 5.26 Å². The van der Waals surface area contributed by atoms with Crippen molar-refractivity contribution in [3.8, 4) is 6.07 Å². The molecule has 0 bridgehead atoms. The highest BCUT2D eigenvalue weighted by molar-refractivity contribution is 5.62. The number of aliphatic hydroxyl groups excluding tert-OH is 2. The Bertz CT molecular complexity index is 471. The number of pyridine rings is 1. The summed E-state index contributed by atoms with van der Waals surface area (Å²) in [5, 5.41) is 28.2. The summed E-state index contributed by atoms with van der Waals surface area (Å²) in [5.74, 6) is 0. The van der Waals surface area contributed by atoms with Gasteiger partial charge in [0.1, 0.15) is 6.07 Å². The number of nitrogens with zero attached hydrogens (tertiary/aromatic N) is 3. The van der Waals surface area contributed by atoms with Gasteiger partial charge < -0.3 is 15.1 Å². The monoisotopic (exact) mass is 233 g/mol. The summed E-state index contributed by atoms with van der Waals surface area (Å²) in [6, 6.07) is 3.95. The van der Waals surface area contributed by atoms with Crippen molar-refractivity contribution in [3.05, 3.63) is 23.0 Å². The number of rotatable bonds is 1. The summed E-state index contributed by atoms with van der Waals surface area (Å²) in [7, 11) is 0. The van der Waals surface area contributed by atoms with Crippen LogP contribution in [-0.2, 0) is 0 Å². The lowest BCUT2D eigenvalue weighted by atomic mass is 10.1. The fourth-order valence-electron chi connectivity index (χ4n) is 2.16. The minimum absolute atomic E-state index is 0.346. The molecule has 2 heterocycles. The zero-order chi connectivity index (χ0) is 12.6. The largest absolute Gasteiger partial charge is 0.389 e. The Balaban J connectivity index is 2.42. The number of nitriles is 1. The van der Waals surface area contributed by atoms with Crippen LogP contribution in [0.1, 0.15) is 17.0 Å². The van der Waals surface area contributed by atoms with Crippen LogP contribution in [0.25, 0.3) is 0 Å². The number of β-amino-alcohol motifs (C(OH)–C–C–N with tert-alkyl or cyclic N) is 2. The summed E-state index contributed by atoms with van der Waals surface area (Å²) in [6.45, 7) is 4.34. The molecule has 5 heteroatoms. The first-order valence-corrected chi connectivity index (χ1v) is 5.52. The van der Waals surface area contributed by atoms with Gasteiger partial charge in [-0.05, 0) is 19.9 Å². The van der Waals surface area contributed by atoms with Crippen LogP contribution >= 0.6 is 0 Å². The van der Waals surface area contributed by atoms with Crippen LogP contribution in [0.2, 0.25) is 0 Å². The normalized spacial score (nSPS) is 23.8. The molecule has 0 saturated carbocycles. The summed E-state index contributed by atoms with van der Waals surface area (Å²) in [5.41, 5.74) is 2.76. The Labute approximate surface area is 99.9 Å². The van der Waals surface area contributed by atoms with E-state index in [1.54, 1.807) is 6.92 Å². The molecule has 1 aromatic heterocycles. The summed E-state index contributed by atoms with van der Waals surface area (Å²) in [6.07, 6.45) is -1.51. The van der Waals surface area contributed by atoms with E-state index in [0.29, 0.717) is 24.3 Å². The Morgan fingerprint density at radius 3 is 2.47 bits per heavy atom. The Hall–Kier alpha value is -1.64. The minimum atomic E-state index is -0.754. The molecule has 5 nitrogen and oxygen atoms in total. The van der Waals surface area contributed by atoms with Crippen molar-refractivity contribution in [3.63, 3.8) is 0 Å². The highest BCUT2D eigenvalue weighted by Gasteiger charge is 2.31. The van der Waals surface area contributed by atoms with E-state index in [2.05, 4.69) is 11.1 Å². The first-order valence-electron chi connectivity index (χ1n) is 5.52. The van der Waals surface area contributed by atoms with E-state index in [1.165, 1.54) is 0 Å². The lowest BCUT2D eigenvalue weighted by Crippen LogP contribution is -2.22. The molecule has 90 valence electrons. The maximum absolute atomic E-state index is 9.54. The second kappa shape index (κ2) is 4.32. The van der Waals surface area contributed by atoms with Crippen LogP contribution in [0.15, 0.2) is 6.07 Å². The number of aliphatic hydroxyl groups is 2. The minimum Gasteiger partial charge on any atom is -0.389 e. The van der Waals surface area contributed by atoms with Crippen molar-refractivity contribution in [2.75, 3.05) is 18.0 Å². The molecular weight excluding hydrogens is 218 g/mol. The number of aryl methyl sites for hydroxylation is 2. The van der Waals surface area contributed by atoms with Crippen LogP contribution in [0.4, 0.5) is 5.69 Å². The van der Waals surface area contributed by atoms with Gasteiger partial charge in [0.15, 0.2) is 0 Å². The number of hydrogen-bond acceptors (Lipinski definition) is 5. The fourth-order valence-corrected chi connectivity index (χ4v) is 2.16. The second-order valence-electron chi connectivity index (χ2n) is 4.39. The van der Waals surface area contributed by atoms with Gasteiger partial charge in [-0.2, -0.15) is 5.26 Å². The number of hydrogen-bond donors (Lipinski definition) is 2. The third-order valence-electron chi connectivity index (χ3n) is 3.02. The van der Waals surface area contributed by atoms with Gasteiger partial charge in [-0.3, -0.25) is 4.98 Å². The highest BCUT2D eigenvalue weighted by Crippen LogP contribution is 2.26. The van der Waals surface area contributed by atoms with E-state index in [1.807, 2.05) is 17.9 Å². The van der Waals surface area contributed by atoms with Gasteiger partial charge in [0.05, 0.1) is 29.2 Å². The smallest absolute Gasteiger partial charge is 0.103 e. The average Bonchev–Trinajstić information content (AvgIpc) is 2.58. The fraction of sp³-hybridized carbons (Fsp3) is 0.500. The molecule has 0 aliphatic carbocycles. The third kappa shape index (κ3) is 2.09. The SMILES string of the molecule is Cc1cc(N2CC(O)C(O)C2)c(C#N)c(C)n1. The van der Waals surface area contributed by atoms with Crippen molar-refractivity contribution in [1.29, 1.82) is 5.26 Å². The standard InChI is InChI=1S/C12H15N3O2/c1-7-3-10(9(4-13)8(2)14-7)15-5-11(16)12(17)6-15/h3,11-12,16-17H,5-6H2,1-2H3. The Kier molecular flexibility index (Phi) is 3.01. The second-order valence-corrected chi connectivity index (χ2v) is 4.39. The molecule has 1 aliphatic heterocycles. The quantitative estimate of drug-likeness (QED) is 0.719. The van der Waals surface area contributed by atoms with Gasteiger partial charge in [-0.25, -0.2) is 0 Å². The van der Waals surface area contributed by atoms with Crippen molar-refractivity contribution in [2.45, 2.75) is 26.1 Å². The average molecular weight is 233 g/mol. The maximum atomic E-state index is 9.54. The molecule has 1 fully saturated rings. The van der Waals surface area contributed by atoms with E-state index < -0.39 is 12.2 Å². The Morgan fingerprint density at radius 2 is 1.94 bits per heavy atom. The molecule has 0 spiro atoms. The van der Waals surface area contributed by atoms with Crippen molar-refractivity contribution >= 4 is 5.69 Å². The van der Waals surface area contributed by atoms with Crippen LogP contribution < -0.4 is 4.90 Å². The summed E-state index contributed by atoms with van der Waals surface area (Å²) < 4.78 is 0. The first kappa shape index (κ1) is 11.8. The Morgan fingerprint density at radius 1 is 1.35 bits per heavy atom. The lowest BCUT2D eigenvalue weighted by Gasteiger charge is -2.20. The topological polar surface area (TPSA) is 80.4 Å². The molecule has 2 unspecified atom stereocenters. The molecule has 17 heavy (non-hydrogen) atoms. The predicted molar refractivity (Wildman–Crippen MR) is 62.7 cm³/mol. The highest BCUT2D eigenvalue weighted by atomic mass is 16.3. The number of anilines is 1. The summed E-state index contributed by atoms with van der Waals surface area (Å²) in [4.78, 5) is 6.07. The van der Waals surface area contributed by atoms with Crippen LogP contribution in [0.3, 0.4) is 0 Å². The lowest BCUT2D eigenvalue weighted by molar-refractivity contribution is 0.0572. The molecule has 0 aromatic carbocycles. The summed E-state index contributed by atoms with van der Waals surface area (Å²) >= 11 is 0. The van der Waals surface area contributed by atoms with Crippen LogP contribution in [0, 0.1) is 25.2 Å². The van der Waals surface area contributed by atoms with Gasteiger partial charge in [0, 0.05) is 18.8 Å². The van der Waals surface area contributed by atoms with Gasteiger partial charge >= 0.3 is 0 Å².